The second-order valence-electron chi connectivity index (χ2n) is 3.74. The highest BCUT2D eigenvalue weighted by Crippen LogP contribution is 2.20. The Balaban J connectivity index is 2.08. The summed E-state index contributed by atoms with van der Waals surface area (Å²) in [5.74, 6) is 0.194. The normalized spacial score (nSPS) is 21.1. The molecule has 80 valence electrons. The SMILES string of the molecule is CC1CCC(=O)N1Cc1cnc(Cl)cn1. The molecule has 1 aromatic heterocycles. The van der Waals surface area contributed by atoms with Gasteiger partial charge in [0.2, 0.25) is 5.91 Å². The number of carbonyl (C=O) groups is 1. The molecule has 1 aromatic rings. The summed E-state index contributed by atoms with van der Waals surface area (Å²) in [6.45, 7) is 2.58. The third kappa shape index (κ3) is 2.26. The Hall–Kier alpha value is -1.16. The van der Waals surface area contributed by atoms with Crippen LogP contribution in [-0.4, -0.2) is 26.8 Å². The Bertz CT molecular complexity index is 365. The summed E-state index contributed by atoms with van der Waals surface area (Å²) in [6, 6.07) is 0.301. The molecule has 0 N–H and O–H groups in total. The zero-order chi connectivity index (χ0) is 10.8. The first-order valence-corrected chi connectivity index (χ1v) is 5.30. The highest BCUT2D eigenvalue weighted by Gasteiger charge is 2.27. The topological polar surface area (TPSA) is 46.1 Å². The first-order valence-electron chi connectivity index (χ1n) is 4.92. The van der Waals surface area contributed by atoms with Crippen LogP contribution < -0.4 is 0 Å². The lowest BCUT2D eigenvalue weighted by Gasteiger charge is -2.20. The van der Waals surface area contributed by atoms with Gasteiger partial charge in [0.05, 0.1) is 24.6 Å². The van der Waals surface area contributed by atoms with Crippen molar-refractivity contribution in [1.29, 1.82) is 0 Å². The van der Waals surface area contributed by atoms with E-state index in [0.717, 1.165) is 12.1 Å². The molecule has 2 rings (SSSR count). The van der Waals surface area contributed by atoms with Gasteiger partial charge in [0.25, 0.3) is 0 Å². The lowest BCUT2D eigenvalue weighted by atomic mass is 10.2. The van der Waals surface area contributed by atoms with E-state index in [9.17, 15) is 4.79 Å². The molecule has 0 radical (unpaired) electrons. The molecule has 1 fully saturated rings. The maximum atomic E-state index is 11.5. The highest BCUT2D eigenvalue weighted by atomic mass is 35.5. The molecule has 1 aliphatic heterocycles. The van der Waals surface area contributed by atoms with Crippen molar-refractivity contribution in [2.75, 3.05) is 0 Å². The number of carbonyl (C=O) groups excluding carboxylic acids is 1. The fourth-order valence-corrected chi connectivity index (χ4v) is 1.81. The second kappa shape index (κ2) is 4.14. The van der Waals surface area contributed by atoms with Crippen LogP contribution in [0.4, 0.5) is 0 Å². The quantitative estimate of drug-likeness (QED) is 0.769. The van der Waals surface area contributed by atoms with E-state index in [1.165, 1.54) is 6.20 Å². The van der Waals surface area contributed by atoms with Crippen LogP contribution >= 0.6 is 11.6 Å². The molecule has 0 aromatic carbocycles. The van der Waals surface area contributed by atoms with Gasteiger partial charge in [0.15, 0.2) is 0 Å². The van der Waals surface area contributed by atoms with E-state index in [-0.39, 0.29) is 5.91 Å². The summed E-state index contributed by atoms with van der Waals surface area (Å²) >= 11 is 5.63. The van der Waals surface area contributed by atoms with Crippen molar-refractivity contribution in [2.24, 2.45) is 0 Å². The summed E-state index contributed by atoms with van der Waals surface area (Å²) in [7, 11) is 0. The van der Waals surface area contributed by atoms with E-state index in [4.69, 9.17) is 11.6 Å². The maximum absolute atomic E-state index is 11.5. The Morgan fingerprint density at radius 2 is 2.33 bits per heavy atom. The van der Waals surface area contributed by atoms with Crippen LogP contribution in [0.25, 0.3) is 0 Å². The van der Waals surface area contributed by atoms with Crippen LogP contribution in [0.1, 0.15) is 25.5 Å². The number of halogens is 1. The standard InChI is InChI=1S/C10H12ClN3O/c1-7-2-3-10(15)14(7)6-8-4-13-9(11)5-12-8/h4-5,7H,2-3,6H2,1H3. The Labute approximate surface area is 93.3 Å². The Morgan fingerprint density at radius 1 is 1.53 bits per heavy atom. The van der Waals surface area contributed by atoms with Gasteiger partial charge in [-0.3, -0.25) is 9.78 Å². The molecule has 1 saturated heterocycles. The lowest BCUT2D eigenvalue weighted by Crippen LogP contribution is -2.30. The number of hydrogen-bond donors (Lipinski definition) is 0. The summed E-state index contributed by atoms with van der Waals surface area (Å²) < 4.78 is 0. The molecule has 2 heterocycles. The average Bonchev–Trinajstić information content (AvgIpc) is 2.53. The molecule has 1 aliphatic rings. The van der Waals surface area contributed by atoms with Crippen molar-refractivity contribution >= 4 is 17.5 Å². The number of nitrogens with zero attached hydrogens (tertiary/aromatic N) is 3. The molecule has 0 spiro atoms. The van der Waals surface area contributed by atoms with Crippen molar-refractivity contribution in [3.05, 3.63) is 23.2 Å². The van der Waals surface area contributed by atoms with Gasteiger partial charge in [0.1, 0.15) is 5.15 Å². The highest BCUT2D eigenvalue weighted by molar-refractivity contribution is 6.29. The largest absolute Gasteiger partial charge is 0.334 e. The molecular weight excluding hydrogens is 214 g/mol. The van der Waals surface area contributed by atoms with Gasteiger partial charge < -0.3 is 4.90 Å². The zero-order valence-electron chi connectivity index (χ0n) is 8.48. The van der Waals surface area contributed by atoms with Gasteiger partial charge in [0, 0.05) is 12.5 Å². The molecule has 0 bridgehead atoms. The molecule has 0 aliphatic carbocycles. The molecular formula is C10H12ClN3O. The van der Waals surface area contributed by atoms with Gasteiger partial charge >= 0.3 is 0 Å². The number of likely N-dealkylation sites (tertiary alicyclic amines) is 1. The smallest absolute Gasteiger partial charge is 0.223 e. The van der Waals surface area contributed by atoms with Gasteiger partial charge in [-0.1, -0.05) is 11.6 Å². The van der Waals surface area contributed by atoms with E-state index in [0.29, 0.717) is 24.2 Å². The predicted molar refractivity (Wildman–Crippen MR) is 56.3 cm³/mol. The number of hydrogen-bond acceptors (Lipinski definition) is 3. The molecule has 1 amide bonds. The predicted octanol–water partition coefficient (Wildman–Crippen LogP) is 1.64. The van der Waals surface area contributed by atoms with E-state index in [1.54, 1.807) is 6.20 Å². The van der Waals surface area contributed by atoms with Crippen LogP contribution in [-0.2, 0) is 11.3 Å². The van der Waals surface area contributed by atoms with E-state index in [1.807, 2.05) is 11.8 Å². The molecule has 1 unspecified atom stereocenters. The molecule has 15 heavy (non-hydrogen) atoms. The van der Waals surface area contributed by atoms with Gasteiger partial charge in [-0.2, -0.15) is 0 Å². The van der Waals surface area contributed by atoms with Crippen LogP contribution in [0, 0.1) is 0 Å². The van der Waals surface area contributed by atoms with E-state index < -0.39 is 0 Å². The molecule has 1 atom stereocenters. The van der Waals surface area contributed by atoms with Crippen molar-refractivity contribution < 1.29 is 4.79 Å². The molecule has 0 saturated carbocycles. The van der Waals surface area contributed by atoms with Crippen molar-refractivity contribution in [1.82, 2.24) is 14.9 Å². The Morgan fingerprint density at radius 3 is 2.87 bits per heavy atom. The minimum absolute atomic E-state index is 0.194. The molecule has 5 heteroatoms. The summed E-state index contributed by atoms with van der Waals surface area (Å²) in [5, 5.41) is 0.375. The second-order valence-corrected chi connectivity index (χ2v) is 4.13. The first-order chi connectivity index (χ1) is 7.16. The van der Waals surface area contributed by atoms with E-state index >= 15 is 0 Å². The fourth-order valence-electron chi connectivity index (χ4n) is 1.72. The van der Waals surface area contributed by atoms with Gasteiger partial charge in [-0.05, 0) is 13.3 Å². The third-order valence-electron chi connectivity index (χ3n) is 2.63. The van der Waals surface area contributed by atoms with E-state index in [2.05, 4.69) is 9.97 Å². The third-order valence-corrected chi connectivity index (χ3v) is 2.83. The van der Waals surface area contributed by atoms with Crippen LogP contribution in [0.5, 0.6) is 0 Å². The summed E-state index contributed by atoms with van der Waals surface area (Å²) in [6.07, 6.45) is 4.69. The number of aromatic nitrogens is 2. The fraction of sp³-hybridized carbons (Fsp3) is 0.500. The van der Waals surface area contributed by atoms with Crippen molar-refractivity contribution in [3.8, 4) is 0 Å². The summed E-state index contributed by atoms with van der Waals surface area (Å²) in [5.41, 5.74) is 0.779. The minimum Gasteiger partial charge on any atom is -0.334 e. The van der Waals surface area contributed by atoms with Crippen LogP contribution in [0.15, 0.2) is 12.4 Å². The molecule has 4 nitrogen and oxygen atoms in total. The van der Waals surface area contributed by atoms with Crippen LogP contribution in [0.3, 0.4) is 0 Å². The Kier molecular flexibility index (Phi) is 2.86. The monoisotopic (exact) mass is 225 g/mol. The minimum atomic E-state index is 0.194. The zero-order valence-corrected chi connectivity index (χ0v) is 9.24. The van der Waals surface area contributed by atoms with Gasteiger partial charge in [-0.15, -0.1) is 0 Å². The maximum Gasteiger partial charge on any atom is 0.223 e. The average molecular weight is 226 g/mol. The number of amides is 1. The first kappa shape index (κ1) is 10.4. The summed E-state index contributed by atoms with van der Waals surface area (Å²) in [4.78, 5) is 21.4. The van der Waals surface area contributed by atoms with Crippen molar-refractivity contribution in [2.45, 2.75) is 32.4 Å². The lowest BCUT2D eigenvalue weighted by molar-refractivity contribution is -0.129. The van der Waals surface area contributed by atoms with Crippen LogP contribution in [0.2, 0.25) is 5.15 Å². The van der Waals surface area contributed by atoms with Gasteiger partial charge in [-0.25, -0.2) is 4.98 Å². The van der Waals surface area contributed by atoms with Crippen molar-refractivity contribution in [3.63, 3.8) is 0 Å². The number of rotatable bonds is 2.